The summed E-state index contributed by atoms with van der Waals surface area (Å²) in [6.07, 6.45) is 4.42. The number of nitrogens with two attached hydrogens (primary N) is 1. The van der Waals surface area contributed by atoms with Crippen molar-refractivity contribution in [3.8, 4) is 0 Å². The minimum Gasteiger partial charge on any atom is -0.387 e. The van der Waals surface area contributed by atoms with Crippen LogP contribution < -0.4 is 16.6 Å². The van der Waals surface area contributed by atoms with Crippen molar-refractivity contribution in [1.29, 1.82) is 0 Å². The molecule has 1 fully saturated rings. The Kier molecular flexibility index (Phi) is 3.37. The van der Waals surface area contributed by atoms with Crippen LogP contribution in [0, 0.1) is 0 Å². The molecule has 0 radical (unpaired) electrons. The first-order valence-electron chi connectivity index (χ1n) is 5.37. The highest BCUT2D eigenvalue weighted by molar-refractivity contribution is 5.53. The summed E-state index contributed by atoms with van der Waals surface area (Å²) in [4.78, 5) is 0. The van der Waals surface area contributed by atoms with Crippen LogP contribution >= 0.6 is 0 Å². The summed E-state index contributed by atoms with van der Waals surface area (Å²) in [7, 11) is 0. The molecule has 2 rings (SSSR count). The van der Waals surface area contributed by atoms with Crippen LogP contribution in [0.25, 0.3) is 6.08 Å². The second kappa shape index (κ2) is 4.96. The molecular weight excluding hydrogens is 186 g/mol. The maximum Gasteiger partial charge on any atom is 0.0607 e. The van der Waals surface area contributed by atoms with Crippen molar-refractivity contribution in [2.24, 2.45) is 5.84 Å². The summed E-state index contributed by atoms with van der Waals surface area (Å²) in [5.41, 5.74) is 5.24. The van der Waals surface area contributed by atoms with Crippen molar-refractivity contribution in [1.82, 2.24) is 10.7 Å². The van der Waals surface area contributed by atoms with Gasteiger partial charge in [-0.3, -0.25) is 11.3 Å². The van der Waals surface area contributed by atoms with E-state index in [-0.39, 0.29) is 6.04 Å². The molecule has 1 saturated heterocycles. The smallest absolute Gasteiger partial charge is 0.0607 e. The third-order valence-corrected chi connectivity index (χ3v) is 2.70. The van der Waals surface area contributed by atoms with Gasteiger partial charge in [-0.15, -0.1) is 0 Å². The van der Waals surface area contributed by atoms with Crippen LogP contribution in [0.5, 0.6) is 0 Å². The number of nitrogens with one attached hydrogen (secondary N) is 2. The van der Waals surface area contributed by atoms with Gasteiger partial charge >= 0.3 is 0 Å². The Morgan fingerprint density at radius 3 is 2.87 bits per heavy atom. The van der Waals surface area contributed by atoms with E-state index in [1.807, 2.05) is 18.2 Å². The van der Waals surface area contributed by atoms with Crippen molar-refractivity contribution < 1.29 is 0 Å². The first kappa shape index (κ1) is 10.2. The van der Waals surface area contributed by atoms with Crippen molar-refractivity contribution in [2.75, 3.05) is 6.54 Å². The summed E-state index contributed by atoms with van der Waals surface area (Å²) in [5.74, 6) is 5.52. The van der Waals surface area contributed by atoms with Crippen molar-refractivity contribution in [3.05, 3.63) is 41.6 Å². The van der Waals surface area contributed by atoms with Gasteiger partial charge in [0.15, 0.2) is 0 Å². The van der Waals surface area contributed by atoms with Crippen LogP contribution in [0.2, 0.25) is 0 Å². The summed E-state index contributed by atoms with van der Waals surface area (Å²) < 4.78 is 0. The molecule has 1 atom stereocenters. The van der Waals surface area contributed by atoms with E-state index >= 15 is 0 Å². The predicted molar refractivity (Wildman–Crippen MR) is 62.8 cm³/mol. The van der Waals surface area contributed by atoms with E-state index in [9.17, 15) is 0 Å². The molecule has 0 bridgehead atoms. The fraction of sp³-hybridized carbons (Fsp3) is 0.333. The lowest BCUT2D eigenvalue weighted by Gasteiger charge is -2.26. The van der Waals surface area contributed by atoms with Gasteiger partial charge in [-0.2, -0.15) is 0 Å². The van der Waals surface area contributed by atoms with Crippen LogP contribution in [0.1, 0.15) is 18.4 Å². The second-order valence-corrected chi connectivity index (χ2v) is 3.80. The molecule has 15 heavy (non-hydrogen) atoms. The minimum atomic E-state index is 0.263. The highest BCUT2D eigenvalue weighted by Crippen LogP contribution is 2.14. The highest BCUT2D eigenvalue weighted by Gasteiger charge is 2.16. The Balaban J connectivity index is 2.17. The minimum absolute atomic E-state index is 0.263. The highest BCUT2D eigenvalue weighted by atomic mass is 15.2. The number of benzene rings is 1. The molecule has 0 spiro atoms. The van der Waals surface area contributed by atoms with Crippen LogP contribution in [0.4, 0.5) is 0 Å². The van der Waals surface area contributed by atoms with Gasteiger partial charge < -0.3 is 5.32 Å². The van der Waals surface area contributed by atoms with Gasteiger partial charge in [-0.25, -0.2) is 0 Å². The zero-order valence-electron chi connectivity index (χ0n) is 8.74. The molecule has 1 heterocycles. The molecule has 3 nitrogen and oxygen atoms in total. The number of hydrogen-bond donors (Lipinski definition) is 3. The quantitative estimate of drug-likeness (QED) is 0.501. The molecule has 0 aliphatic carbocycles. The summed E-state index contributed by atoms with van der Waals surface area (Å²) in [6.45, 7) is 1.04. The molecule has 3 heteroatoms. The molecule has 4 N–H and O–H groups in total. The first-order chi connectivity index (χ1) is 7.40. The lowest BCUT2D eigenvalue weighted by molar-refractivity contribution is 0.458. The van der Waals surface area contributed by atoms with Crippen LogP contribution in [0.15, 0.2) is 36.0 Å². The average molecular weight is 203 g/mol. The monoisotopic (exact) mass is 203 g/mol. The SMILES string of the molecule is NNC1CCCNC1=Cc1ccccc1. The second-order valence-electron chi connectivity index (χ2n) is 3.80. The van der Waals surface area contributed by atoms with Gasteiger partial charge in [0, 0.05) is 12.2 Å². The molecule has 0 saturated carbocycles. The van der Waals surface area contributed by atoms with Crippen LogP contribution in [-0.4, -0.2) is 12.6 Å². The third-order valence-electron chi connectivity index (χ3n) is 2.70. The van der Waals surface area contributed by atoms with Crippen LogP contribution in [-0.2, 0) is 0 Å². The molecule has 0 amide bonds. The van der Waals surface area contributed by atoms with Crippen LogP contribution in [0.3, 0.4) is 0 Å². The van der Waals surface area contributed by atoms with E-state index in [1.165, 1.54) is 17.7 Å². The fourth-order valence-corrected chi connectivity index (χ4v) is 1.87. The van der Waals surface area contributed by atoms with E-state index in [2.05, 4.69) is 29.0 Å². The third kappa shape index (κ3) is 2.58. The molecule has 0 aromatic heterocycles. The molecule has 1 aliphatic rings. The van der Waals surface area contributed by atoms with Crippen molar-refractivity contribution >= 4 is 6.08 Å². The Morgan fingerprint density at radius 1 is 1.33 bits per heavy atom. The van der Waals surface area contributed by atoms with Crippen molar-refractivity contribution in [3.63, 3.8) is 0 Å². The van der Waals surface area contributed by atoms with E-state index in [4.69, 9.17) is 5.84 Å². The number of piperidine rings is 1. The summed E-state index contributed by atoms with van der Waals surface area (Å²) >= 11 is 0. The first-order valence-corrected chi connectivity index (χ1v) is 5.37. The van der Waals surface area contributed by atoms with Gasteiger partial charge in [0.1, 0.15) is 0 Å². The van der Waals surface area contributed by atoms with E-state index < -0.39 is 0 Å². The normalized spacial score (nSPS) is 23.8. The summed E-state index contributed by atoms with van der Waals surface area (Å²) in [6, 6.07) is 10.6. The molecule has 1 aliphatic heterocycles. The number of hydrogen-bond acceptors (Lipinski definition) is 3. The lowest BCUT2D eigenvalue weighted by Crippen LogP contribution is -2.44. The largest absolute Gasteiger partial charge is 0.387 e. The standard InChI is InChI=1S/C12H17N3/c13-15-11-7-4-8-14-12(11)9-10-5-2-1-3-6-10/h1-3,5-6,9,11,14-15H,4,7-8,13H2. The van der Waals surface area contributed by atoms with E-state index in [0.29, 0.717) is 0 Å². The molecule has 1 unspecified atom stereocenters. The van der Waals surface area contributed by atoms with Gasteiger partial charge in [0.2, 0.25) is 0 Å². The van der Waals surface area contributed by atoms with Gasteiger partial charge in [-0.05, 0) is 24.5 Å². The van der Waals surface area contributed by atoms with Gasteiger partial charge in [0.25, 0.3) is 0 Å². The number of hydrazine groups is 1. The maximum absolute atomic E-state index is 5.52. The molecule has 80 valence electrons. The molecule has 1 aromatic rings. The maximum atomic E-state index is 5.52. The van der Waals surface area contributed by atoms with Gasteiger partial charge in [-0.1, -0.05) is 30.3 Å². The Morgan fingerprint density at radius 2 is 2.13 bits per heavy atom. The fourth-order valence-electron chi connectivity index (χ4n) is 1.87. The zero-order chi connectivity index (χ0) is 10.5. The summed E-state index contributed by atoms with van der Waals surface area (Å²) in [5, 5.41) is 3.39. The van der Waals surface area contributed by atoms with E-state index in [0.717, 1.165) is 13.0 Å². The predicted octanol–water partition coefficient (Wildman–Crippen LogP) is 1.24. The van der Waals surface area contributed by atoms with Gasteiger partial charge in [0.05, 0.1) is 6.04 Å². The Labute approximate surface area is 90.3 Å². The topological polar surface area (TPSA) is 50.1 Å². The Bertz CT molecular complexity index is 332. The lowest BCUT2D eigenvalue weighted by atomic mass is 10.0. The zero-order valence-corrected chi connectivity index (χ0v) is 8.74. The number of rotatable bonds is 2. The molecular formula is C12H17N3. The van der Waals surface area contributed by atoms with E-state index in [1.54, 1.807) is 0 Å². The van der Waals surface area contributed by atoms with Crippen molar-refractivity contribution in [2.45, 2.75) is 18.9 Å². The average Bonchev–Trinajstić information content (AvgIpc) is 2.31. The Hall–Kier alpha value is -1.32. The molecule has 1 aromatic carbocycles.